The van der Waals surface area contributed by atoms with Crippen molar-refractivity contribution in [1.29, 1.82) is 0 Å². The molecule has 1 heterocycles. The molecule has 0 unspecified atom stereocenters. The molecule has 0 saturated carbocycles. The maximum absolute atomic E-state index is 12.0. The zero-order valence-electron chi connectivity index (χ0n) is 12.6. The first-order chi connectivity index (χ1) is 10.6. The van der Waals surface area contributed by atoms with Crippen LogP contribution in [0.15, 0.2) is 40.2 Å². The number of likely N-dealkylation sites (N-methyl/N-ethyl adjacent to an activating group) is 1. The van der Waals surface area contributed by atoms with Gasteiger partial charge in [0.15, 0.2) is 0 Å². The lowest BCUT2D eigenvalue weighted by Gasteiger charge is -2.15. The van der Waals surface area contributed by atoms with E-state index in [1.807, 2.05) is 49.2 Å². The third kappa shape index (κ3) is 5.44. The van der Waals surface area contributed by atoms with Crippen LogP contribution in [0.4, 0.5) is 5.69 Å². The van der Waals surface area contributed by atoms with E-state index in [1.165, 1.54) is 4.88 Å². The van der Waals surface area contributed by atoms with Crippen LogP contribution in [0.3, 0.4) is 0 Å². The second-order valence-corrected chi connectivity index (χ2v) is 7.43. The Labute approximate surface area is 143 Å². The van der Waals surface area contributed by atoms with Gasteiger partial charge in [-0.05, 0) is 66.3 Å². The van der Waals surface area contributed by atoms with Gasteiger partial charge in [-0.15, -0.1) is 11.3 Å². The maximum Gasteiger partial charge on any atom is 0.238 e. The van der Waals surface area contributed by atoms with Gasteiger partial charge in [-0.3, -0.25) is 9.69 Å². The van der Waals surface area contributed by atoms with Crippen molar-refractivity contribution in [3.8, 4) is 5.75 Å². The number of nitrogens with one attached hydrogen (secondary N) is 1. The second-order valence-electron chi connectivity index (χ2n) is 4.88. The van der Waals surface area contributed by atoms with Gasteiger partial charge in [-0.2, -0.15) is 0 Å². The molecule has 1 amide bonds. The van der Waals surface area contributed by atoms with Gasteiger partial charge >= 0.3 is 0 Å². The van der Waals surface area contributed by atoms with Crippen molar-refractivity contribution in [2.45, 2.75) is 13.5 Å². The van der Waals surface area contributed by atoms with E-state index in [0.29, 0.717) is 13.2 Å². The molecule has 0 saturated heterocycles. The molecule has 0 fully saturated rings. The first-order valence-corrected chi connectivity index (χ1v) is 8.63. The fraction of sp³-hybridized carbons (Fsp3) is 0.312. The van der Waals surface area contributed by atoms with Crippen molar-refractivity contribution in [3.05, 3.63) is 45.1 Å². The fourth-order valence-electron chi connectivity index (χ4n) is 2.01. The predicted molar refractivity (Wildman–Crippen MR) is 94.6 cm³/mol. The molecule has 0 aliphatic heterocycles. The number of thiophene rings is 1. The molecule has 0 spiro atoms. The van der Waals surface area contributed by atoms with E-state index in [-0.39, 0.29) is 5.91 Å². The topological polar surface area (TPSA) is 41.6 Å². The highest BCUT2D eigenvalue weighted by atomic mass is 79.9. The zero-order chi connectivity index (χ0) is 15.9. The molecule has 4 nitrogen and oxygen atoms in total. The molecule has 1 N–H and O–H groups in total. The Hall–Kier alpha value is -1.37. The molecule has 1 aromatic heterocycles. The van der Waals surface area contributed by atoms with Crippen LogP contribution in [-0.4, -0.2) is 31.0 Å². The van der Waals surface area contributed by atoms with Gasteiger partial charge in [-0.1, -0.05) is 0 Å². The largest absolute Gasteiger partial charge is 0.494 e. The number of halogens is 1. The minimum atomic E-state index is -0.0257. The third-order valence-corrected chi connectivity index (χ3v) is 4.53. The van der Waals surface area contributed by atoms with Crippen LogP contribution < -0.4 is 10.1 Å². The number of hydrogen-bond donors (Lipinski definition) is 1. The SMILES string of the molecule is CCOc1ccc(NC(=O)CN(C)Cc2ccc(Br)s2)cc1. The summed E-state index contributed by atoms with van der Waals surface area (Å²) in [6.07, 6.45) is 0. The molecular weight excluding hydrogens is 364 g/mol. The number of hydrogen-bond acceptors (Lipinski definition) is 4. The summed E-state index contributed by atoms with van der Waals surface area (Å²) in [5.74, 6) is 0.781. The van der Waals surface area contributed by atoms with Crippen LogP contribution >= 0.6 is 27.3 Å². The van der Waals surface area contributed by atoms with Crippen molar-refractivity contribution in [2.75, 3.05) is 25.5 Å². The highest BCUT2D eigenvalue weighted by Gasteiger charge is 2.09. The highest BCUT2D eigenvalue weighted by Crippen LogP contribution is 2.23. The van der Waals surface area contributed by atoms with Crippen molar-refractivity contribution in [2.24, 2.45) is 0 Å². The number of anilines is 1. The van der Waals surface area contributed by atoms with E-state index < -0.39 is 0 Å². The normalized spacial score (nSPS) is 10.7. The average Bonchev–Trinajstić information content (AvgIpc) is 2.86. The molecule has 0 aliphatic carbocycles. The second kappa shape index (κ2) is 8.31. The Bertz CT molecular complexity index is 613. The summed E-state index contributed by atoms with van der Waals surface area (Å²) in [5, 5.41) is 2.89. The van der Waals surface area contributed by atoms with Crippen molar-refractivity contribution in [1.82, 2.24) is 4.90 Å². The van der Waals surface area contributed by atoms with Crippen LogP contribution in [0.25, 0.3) is 0 Å². The van der Waals surface area contributed by atoms with Crippen LogP contribution in [0.5, 0.6) is 5.75 Å². The molecule has 2 rings (SSSR count). The van der Waals surface area contributed by atoms with E-state index >= 15 is 0 Å². The Morgan fingerprint density at radius 2 is 2.00 bits per heavy atom. The standard InChI is InChI=1S/C16H19BrN2O2S/c1-3-21-13-6-4-12(5-7-13)18-16(20)11-19(2)10-14-8-9-15(17)22-14/h4-9H,3,10-11H2,1-2H3,(H,18,20). The van der Waals surface area contributed by atoms with E-state index in [2.05, 4.69) is 27.3 Å². The van der Waals surface area contributed by atoms with Gasteiger partial charge in [0, 0.05) is 17.1 Å². The summed E-state index contributed by atoms with van der Waals surface area (Å²) in [4.78, 5) is 15.3. The molecule has 0 aliphatic rings. The molecule has 0 bridgehead atoms. The monoisotopic (exact) mass is 382 g/mol. The van der Waals surface area contributed by atoms with E-state index in [1.54, 1.807) is 11.3 Å². The highest BCUT2D eigenvalue weighted by molar-refractivity contribution is 9.11. The number of carbonyl (C=O) groups excluding carboxylic acids is 1. The van der Waals surface area contributed by atoms with Crippen molar-refractivity contribution < 1.29 is 9.53 Å². The molecule has 118 valence electrons. The van der Waals surface area contributed by atoms with Crippen LogP contribution in [-0.2, 0) is 11.3 Å². The van der Waals surface area contributed by atoms with Crippen molar-refractivity contribution in [3.63, 3.8) is 0 Å². The zero-order valence-corrected chi connectivity index (χ0v) is 15.0. The van der Waals surface area contributed by atoms with Crippen LogP contribution in [0.1, 0.15) is 11.8 Å². The number of carbonyl (C=O) groups is 1. The Kier molecular flexibility index (Phi) is 6.42. The van der Waals surface area contributed by atoms with Gasteiger partial charge in [-0.25, -0.2) is 0 Å². The molecule has 0 radical (unpaired) electrons. The minimum absolute atomic E-state index is 0.0257. The van der Waals surface area contributed by atoms with Gasteiger partial charge in [0.1, 0.15) is 5.75 Å². The Morgan fingerprint density at radius 3 is 2.59 bits per heavy atom. The lowest BCUT2D eigenvalue weighted by molar-refractivity contribution is -0.117. The van der Waals surface area contributed by atoms with E-state index in [9.17, 15) is 4.79 Å². The minimum Gasteiger partial charge on any atom is -0.494 e. The summed E-state index contributed by atoms with van der Waals surface area (Å²) in [6.45, 7) is 3.68. The lowest BCUT2D eigenvalue weighted by atomic mass is 10.3. The maximum atomic E-state index is 12.0. The molecule has 6 heteroatoms. The summed E-state index contributed by atoms with van der Waals surface area (Å²) in [7, 11) is 1.94. The summed E-state index contributed by atoms with van der Waals surface area (Å²) in [5.41, 5.74) is 0.778. The number of rotatable bonds is 7. The van der Waals surface area contributed by atoms with E-state index in [0.717, 1.165) is 21.8 Å². The molecule has 22 heavy (non-hydrogen) atoms. The number of amides is 1. The van der Waals surface area contributed by atoms with E-state index in [4.69, 9.17) is 4.74 Å². The summed E-state index contributed by atoms with van der Waals surface area (Å²) < 4.78 is 6.48. The lowest BCUT2D eigenvalue weighted by Crippen LogP contribution is -2.29. The number of benzene rings is 1. The quantitative estimate of drug-likeness (QED) is 0.787. The smallest absolute Gasteiger partial charge is 0.238 e. The number of nitrogens with zero attached hydrogens (tertiary/aromatic N) is 1. The van der Waals surface area contributed by atoms with Crippen LogP contribution in [0, 0.1) is 0 Å². The molecule has 0 atom stereocenters. The van der Waals surface area contributed by atoms with Gasteiger partial charge in [0.25, 0.3) is 0 Å². The summed E-state index contributed by atoms with van der Waals surface area (Å²) in [6, 6.07) is 11.5. The molecule has 1 aromatic carbocycles. The molecular formula is C16H19BrN2O2S. The third-order valence-electron chi connectivity index (χ3n) is 2.92. The van der Waals surface area contributed by atoms with Gasteiger partial charge in [0.2, 0.25) is 5.91 Å². The van der Waals surface area contributed by atoms with Crippen LogP contribution in [0.2, 0.25) is 0 Å². The van der Waals surface area contributed by atoms with Crippen molar-refractivity contribution >= 4 is 38.9 Å². The van der Waals surface area contributed by atoms with Gasteiger partial charge in [0.05, 0.1) is 16.9 Å². The predicted octanol–water partition coefficient (Wildman–Crippen LogP) is 3.98. The Balaban J connectivity index is 1.81. The molecule has 2 aromatic rings. The Morgan fingerprint density at radius 1 is 1.27 bits per heavy atom. The summed E-state index contributed by atoms with van der Waals surface area (Å²) >= 11 is 5.13. The number of ether oxygens (including phenoxy) is 1. The first-order valence-electron chi connectivity index (χ1n) is 7.02. The fourth-order valence-corrected chi connectivity index (χ4v) is 3.57. The average molecular weight is 383 g/mol. The first kappa shape index (κ1) is 17.0. The van der Waals surface area contributed by atoms with Gasteiger partial charge < -0.3 is 10.1 Å².